The van der Waals surface area contributed by atoms with E-state index in [0.29, 0.717) is 18.4 Å². The number of benzene rings is 2. The Kier molecular flexibility index (Phi) is 5.05. The molecule has 1 saturated heterocycles. The maximum Gasteiger partial charge on any atom is 0.130 e. The molecule has 0 N–H and O–H groups in total. The predicted octanol–water partition coefficient (Wildman–Crippen LogP) is 5.31. The topological polar surface area (TPSA) is 36.3 Å². The van der Waals surface area contributed by atoms with Gasteiger partial charge in [0.1, 0.15) is 11.5 Å². The van der Waals surface area contributed by atoms with Crippen LogP contribution in [0.25, 0.3) is 0 Å². The zero-order valence-electron chi connectivity index (χ0n) is 14.4. The van der Waals surface area contributed by atoms with Gasteiger partial charge in [0.15, 0.2) is 0 Å². The number of aryl methyl sites for hydroxylation is 1. The first-order chi connectivity index (χ1) is 11.7. The zero-order valence-corrected chi connectivity index (χ0v) is 14.4. The Morgan fingerprint density at radius 2 is 1.92 bits per heavy atom. The Hall–Kier alpha value is -2.47. The second-order valence-corrected chi connectivity index (χ2v) is 6.54. The fraction of sp³-hybridized carbons (Fsp3) is 0.381. The van der Waals surface area contributed by atoms with Crippen LogP contribution in [0.15, 0.2) is 48.5 Å². The number of rotatable bonds is 5. The van der Waals surface area contributed by atoms with Gasteiger partial charge < -0.3 is 9.64 Å². The highest BCUT2D eigenvalue weighted by atomic mass is 16.5. The summed E-state index contributed by atoms with van der Waals surface area (Å²) in [6.45, 7) is 5.32. The van der Waals surface area contributed by atoms with E-state index in [2.05, 4.69) is 30.0 Å². The summed E-state index contributed by atoms with van der Waals surface area (Å²) in [5.74, 6) is 2.42. The van der Waals surface area contributed by atoms with Crippen LogP contribution >= 0.6 is 0 Å². The Morgan fingerprint density at radius 1 is 1.17 bits per heavy atom. The Balaban J connectivity index is 1.74. The molecule has 2 aromatic carbocycles. The summed E-state index contributed by atoms with van der Waals surface area (Å²) in [6, 6.07) is 19.0. The van der Waals surface area contributed by atoms with Crippen LogP contribution in [0.5, 0.6) is 11.5 Å². The molecule has 1 fully saturated rings. The third-order valence-electron chi connectivity index (χ3n) is 4.90. The van der Waals surface area contributed by atoms with Gasteiger partial charge >= 0.3 is 0 Å². The summed E-state index contributed by atoms with van der Waals surface area (Å²) >= 11 is 0. The summed E-state index contributed by atoms with van der Waals surface area (Å²) in [5.41, 5.74) is 2.31. The van der Waals surface area contributed by atoms with Gasteiger partial charge in [-0.15, -0.1) is 0 Å². The van der Waals surface area contributed by atoms with Gasteiger partial charge in [0.05, 0.1) is 12.5 Å². The van der Waals surface area contributed by atoms with E-state index in [-0.39, 0.29) is 0 Å². The second-order valence-electron chi connectivity index (χ2n) is 6.54. The van der Waals surface area contributed by atoms with Crippen LogP contribution in [-0.4, -0.2) is 12.6 Å². The van der Waals surface area contributed by atoms with Gasteiger partial charge in [-0.2, -0.15) is 5.26 Å². The lowest BCUT2D eigenvalue weighted by molar-refractivity contribution is 0.479. The number of hydrogen-bond acceptors (Lipinski definition) is 3. The van der Waals surface area contributed by atoms with Crippen LogP contribution in [0.4, 0.5) is 5.69 Å². The number of nitriles is 1. The molecule has 0 aromatic heterocycles. The van der Waals surface area contributed by atoms with E-state index >= 15 is 0 Å². The van der Waals surface area contributed by atoms with Crippen molar-refractivity contribution in [1.82, 2.24) is 0 Å². The molecule has 1 aliphatic heterocycles. The van der Waals surface area contributed by atoms with Crippen molar-refractivity contribution in [3.05, 3.63) is 54.1 Å². The van der Waals surface area contributed by atoms with Crippen molar-refractivity contribution in [3.8, 4) is 17.6 Å². The molecular formula is C21H24N2O. The first-order valence-electron chi connectivity index (χ1n) is 8.68. The summed E-state index contributed by atoms with van der Waals surface area (Å²) in [5, 5.41) is 9.09. The largest absolute Gasteiger partial charge is 0.457 e. The fourth-order valence-corrected chi connectivity index (χ4v) is 3.43. The molecule has 2 aromatic rings. The molecule has 124 valence electrons. The summed E-state index contributed by atoms with van der Waals surface area (Å²) < 4.78 is 5.97. The molecule has 0 saturated carbocycles. The highest BCUT2D eigenvalue weighted by Crippen LogP contribution is 2.34. The first kappa shape index (κ1) is 16.4. The zero-order chi connectivity index (χ0) is 16.9. The molecule has 0 amide bonds. The van der Waals surface area contributed by atoms with Gasteiger partial charge in [0, 0.05) is 18.3 Å². The van der Waals surface area contributed by atoms with Crippen molar-refractivity contribution < 1.29 is 4.74 Å². The van der Waals surface area contributed by atoms with Gasteiger partial charge in [-0.3, -0.25) is 0 Å². The standard InChI is InChI=1S/C21H24N2O/c1-3-17-14-19(12-13-22)23(15-17)18-8-10-20(11-9-18)24-21-7-5-4-6-16(21)2/h4-11,17,19H,3,12,14-15H2,1-2H3. The Labute approximate surface area is 144 Å². The molecule has 1 heterocycles. The predicted molar refractivity (Wildman–Crippen MR) is 97.5 cm³/mol. The summed E-state index contributed by atoms with van der Waals surface area (Å²) in [6.07, 6.45) is 2.89. The average Bonchev–Trinajstić information content (AvgIpc) is 3.01. The van der Waals surface area contributed by atoms with Crippen molar-refractivity contribution in [2.75, 3.05) is 11.4 Å². The van der Waals surface area contributed by atoms with Gasteiger partial charge in [0.2, 0.25) is 0 Å². The van der Waals surface area contributed by atoms with E-state index in [1.54, 1.807) is 0 Å². The minimum Gasteiger partial charge on any atom is -0.457 e. The third kappa shape index (κ3) is 3.54. The quantitative estimate of drug-likeness (QED) is 0.749. The monoisotopic (exact) mass is 320 g/mol. The van der Waals surface area contributed by atoms with Crippen molar-refractivity contribution in [1.29, 1.82) is 5.26 Å². The molecule has 0 radical (unpaired) electrons. The van der Waals surface area contributed by atoms with Gasteiger partial charge in [-0.25, -0.2) is 0 Å². The molecule has 0 bridgehead atoms. The van der Waals surface area contributed by atoms with Crippen LogP contribution in [0.3, 0.4) is 0 Å². The summed E-state index contributed by atoms with van der Waals surface area (Å²) in [7, 11) is 0. The summed E-state index contributed by atoms with van der Waals surface area (Å²) in [4.78, 5) is 2.38. The maximum absolute atomic E-state index is 9.09. The minimum atomic E-state index is 0.336. The molecule has 1 aliphatic rings. The van der Waals surface area contributed by atoms with Crippen LogP contribution in [0.1, 0.15) is 31.7 Å². The molecule has 0 spiro atoms. The molecule has 2 atom stereocenters. The second kappa shape index (κ2) is 7.40. The van der Waals surface area contributed by atoms with Crippen molar-refractivity contribution in [3.63, 3.8) is 0 Å². The van der Waals surface area contributed by atoms with Gasteiger partial charge in [0.25, 0.3) is 0 Å². The fourth-order valence-electron chi connectivity index (χ4n) is 3.43. The van der Waals surface area contributed by atoms with Gasteiger partial charge in [-0.1, -0.05) is 31.5 Å². The lowest BCUT2D eigenvalue weighted by Crippen LogP contribution is -2.28. The van der Waals surface area contributed by atoms with E-state index in [1.807, 2.05) is 43.3 Å². The Bertz CT molecular complexity index is 717. The number of ether oxygens (including phenoxy) is 1. The highest BCUT2D eigenvalue weighted by Gasteiger charge is 2.30. The van der Waals surface area contributed by atoms with Crippen molar-refractivity contribution in [2.45, 2.75) is 39.2 Å². The SMILES string of the molecule is CCC1CC(CC#N)N(c2ccc(Oc3ccccc3C)cc2)C1. The lowest BCUT2D eigenvalue weighted by Gasteiger charge is -2.25. The smallest absolute Gasteiger partial charge is 0.130 e. The van der Waals surface area contributed by atoms with Gasteiger partial charge in [-0.05, 0) is 55.2 Å². The maximum atomic E-state index is 9.09. The molecular weight excluding hydrogens is 296 g/mol. The van der Waals surface area contributed by atoms with E-state index in [1.165, 1.54) is 12.1 Å². The molecule has 3 heteroatoms. The molecule has 0 aliphatic carbocycles. The molecule has 24 heavy (non-hydrogen) atoms. The molecule has 3 rings (SSSR count). The van der Waals surface area contributed by atoms with Crippen LogP contribution < -0.4 is 9.64 Å². The van der Waals surface area contributed by atoms with Crippen LogP contribution in [-0.2, 0) is 0 Å². The minimum absolute atomic E-state index is 0.336. The number of anilines is 1. The number of hydrogen-bond donors (Lipinski definition) is 0. The van der Waals surface area contributed by atoms with Crippen LogP contribution in [0, 0.1) is 24.2 Å². The van der Waals surface area contributed by atoms with E-state index in [0.717, 1.165) is 30.0 Å². The molecule has 2 unspecified atom stereocenters. The van der Waals surface area contributed by atoms with E-state index < -0.39 is 0 Å². The van der Waals surface area contributed by atoms with E-state index in [4.69, 9.17) is 10.00 Å². The van der Waals surface area contributed by atoms with Crippen molar-refractivity contribution >= 4 is 5.69 Å². The lowest BCUT2D eigenvalue weighted by atomic mass is 10.0. The first-order valence-corrected chi connectivity index (χ1v) is 8.68. The normalized spacial score (nSPS) is 20.0. The average molecular weight is 320 g/mol. The van der Waals surface area contributed by atoms with E-state index in [9.17, 15) is 0 Å². The molecule has 3 nitrogen and oxygen atoms in total. The third-order valence-corrected chi connectivity index (χ3v) is 4.90. The van der Waals surface area contributed by atoms with Crippen molar-refractivity contribution in [2.24, 2.45) is 5.92 Å². The Morgan fingerprint density at radius 3 is 2.58 bits per heavy atom. The number of nitrogens with zero attached hydrogens (tertiary/aromatic N) is 2. The highest BCUT2D eigenvalue weighted by molar-refractivity contribution is 5.52. The van der Waals surface area contributed by atoms with Crippen LogP contribution in [0.2, 0.25) is 0 Å². The number of para-hydroxylation sites is 1.